The van der Waals surface area contributed by atoms with Crippen LogP contribution in [0.2, 0.25) is 0 Å². The van der Waals surface area contributed by atoms with Gasteiger partial charge in [0.25, 0.3) is 0 Å². The normalized spacial score (nSPS) is 23.1. The van der Waals surface area contributed by atoms with Gasteiger partial charge in [-0.2, -0.15) is 13.2 Å². The van der Waals surface area contributed by atoms with E-state index in [1.807, 2.05) is 0 Å². The van der Waals surface area contributed by atoms with E-state index in [9.17, 15) is 18.0 Å². The molecular formula is C13H21F3N2OS. The number of halogens is 3. The van der Waals surface area contributed by atoms with Crippen molar-refractivity contribution < 1.29 is 18.0 Å². The summed E-state index contributed by atoms with van der Waals surface area (Å²) in [5.41, 5.74) is -4.66. The van der Waals surface area contributed by atoms with Gasteiger partial charge in [0.1, 0.15) is 5.54 Å². The maximum atomic E-state index is 12.4. The summed E-state index contributed by atoms with van der Waals surface area (Å²) in [7, 11) is 0. The van der Waals surface area contributed by atoms with Crippen LogP contribution in [0, 0.1) is 0 Å². The van der Waals surface area contributed by atoms with Gasteiger partial charge in [-0.15, -0.1) is 0 Å². The molecule has 3 nitrogen and oxygen atoms in total. The Hall–Kier alpha value is -0.430. The second kappa shape index (κ2) is 6.56. The molecule has 20 heavy (non-hydrogen) atoms. The number of amides is 1. The molecule has 0 aromatic rings. The largest absolute Gasteiger partial charge is 0.441 e. The van der Waals surface area contributed by atoms with E-state index < -0.39 is 11.0 Å². The van der Waals surface area contributed by atoms with E-state index in [2.05, 4.69) is 10.2 Å². The van der Waals surface area contributed by atoms with E-state index in [0.717, 1.165) is 51.6 Å². The van der Waals surface area contributed by atoms with Gasteiger partial charge in [-0.3, -0.25) is 9.69 Å². The lowest BCUT2D eigenvalue weighted by molar-refractivity contribution is -0.132. The second-order valence-electron chi connectivity index (χ2n) is 5.48. The van der Waals surface area contributed by atoms with Gasteiger partial charge in [-0.25, -0.2) is 0 Å². The van der Waals surface area contributed by atoms with E-state index in [1.165, 1.54) is 0 Å². The van der Waals surface area contributed by atoms with Crippen molar-refractivity contribution in [3.05, 3.63) is 0 Å². The van der Waals surface area contributed by atoms with Crippen LogP contribution in [0.25, 0.3) is 0 Å². The Kier molecular flexibility index (Phi) is 5.23. The van der Waals surface area contributed by atoms with Gasteiger partial charge in [0.05, 0.1) is 0 Å². The van der Waals surface area contributed by atoms with Gasteiger partial charge in [-0.1, -0.05) is 12.8 Å². The number of nitrogens with one attached hydrogen (secondary N) is 1. The highest BCUT2D eigenvalue weighted by atomic mass is 32.2. The Labute approximate surface area is 121 Å². The predicted molar refractivity (Wildman–Crippen MR) is 73.5 cm³/mol. The first-order valence-electron chi connectivity index (χ1n) is 7.18. The second-order valence-corrected chi connectivity index (χ2v) is 6.64. The monoisotopic (exact) mass is 310 g/mol. The summed E-state index contributed by atoms with van der Waals surface area (Å²) in [6.45, 7) is 1.95. The highest BCUT2D eigenvalue weighted by Gasteiger charge is 2.46. The van der Waals surface area contributed by atoms with Crippen molar-refractivity contribution in [3.63, 3.8) is 0 Å². The van der Waals surface area contributed by atoms with Crippen molar-refractivity contribution in [2.24, 2.45) is 0 Å². The number of likely N-dealkylation sites (tertiary alicyclic amines) is 1. The number of carbonyl (C=O) groups is 1. The SMILES string of the molecule is O=C(NCCSC(F)(F)F)C1(N2CCCC2)CCCC1. The molecule has 2 aliphatic rings. The fourth-order valence-corrected chi connectivity index (χ4v) is 3.72. The number of nitrogens with zero attached hydrogens (tertiary/aromatic N) is 1. The summed E-state index contributed by atoms with van der Waals surface area (Å²) in [6.07, 6.45) is 5.96. The highest BCUT2D eigenvalue weighted by molar-refractivity contribution is 8.00. The Morgan fingerprint density at radius 1 is 1.15 bits per heavy atom. The maximum Gasteiger partial charge on any atom is 0.441 e. The molecule has 1 aliphatic heterocycles. The summed E-state index contributed by atoms with van der Waals surface area (Å²) in [5, 5.41) is 2.71. The van der Waals surface area contributed by atoms with E-state index in [0.29, 0.717) is 0 Å². The van der Waals surface area contributed by atoms with Crippen LogP contribution in [0.15, 0.2) is 0 Å². The minimum absolute atomic E-state index is 0.0697. The van der Waals surface area contributed by atoms with Crippen LogP contribution >= 0.6 is 11.8 Å². The molecule has 0 spiro atoms. The molecule has 0 radical (unpaired) electrons. The quantitative estimate of drug-likeness (QED) is 0.793. The van der Waals surface area contributed by atoms with Crippen molar-refractivity contribution in [1.82, 2.24) is 10.2 Å². The number of thioether (sulfide) groups is 1. The topological polar surface area (TPSA) is 32.3 Å². The summed E-state index contributed by atoms with van der Waals surface area (Å²) < 4.78 is 36.1. The molecule has 0 bridgehead atoms. The minimum atomic E-state index is -4.22. The first-order chi connectivity index (χ1) is 9.44. The molecule has 0 aromatic heterocycles. The molecule has 1 amide bonds. The van der Waals surface area contributed by atoms with Crippen LogP contribution < -0.4 is 5.32 Å². The average Bonchev–Trinajstić information content (AvgIpc) is 3.02. The molecule has 2 fully saturated rings. The van der Waals surface area contributed by atoms with E-state index in [1.54, 1.807) is 0 Å². The molecule has 2 rings (SSSR count). The number of hydrogen-bond donors (Lipinski definition) is 1. The fraction of sp³-hybridized carbons (Fsp3) is 0.923. The Bertz CT molecular complexity index is 337. The number of rotatable bonds is 5. The van der Waals surface area contributed by atoms with Gasteiger partial charge in [0.2, 0.25) is 5.91 Å². The van der Waals surface area contributed by atoms with Crippen LogP contribution in [0.1, 0.15) is 38.5 Å². The molecule has 1 heterocycles. The molecular weight excluding hydrogens is 289 g/mol. The van der Waals surface area contributed by atoms with Crippen molar-refractivity contribution >= 4 is 17.7 Å². The van der Waals surface area contributed by atoms with Gasteiger partial charge in [0, 0.05) is 12.3 Å². The lowest BCUT2D eigenvalue weighted by atomic mass is 9.94. The molecule has 0 aromatic carbocycles. The zero-order valence-electron chi connectivity index (χ0n) is 11.5. The van der Waals surface area contributed by atoms with Crippen LogP contribution in [0.4, 0.5) is 13.2 Å². The highest BCUT2D eigenvalue weighted by Crippen LogP contribution is 2.37. The van der Waals surface area contributed by atoms with Crippen LogP contribution in [0.5, 0.6) is 0 Å². The Balaban J connectivity index is 1.85. The third kappa shape index (κ3) is 3.81. The Morgan fingerprint density at radius 3 is 2.30 bits per heavy atom. The van der Waals surface area contributed by atoms with Crippen molar-refractivity contribution in [2.75, 3.05) is 25.4 Å². The van der Waals surface area contributed by atoms with Crippen molar-refractivity contribution in [2.45, 2.75) is 49.6 Å². The lowest BCUT2D eigenvalue weighted by Gasteiger charge is -2.37. The first-order valence-corrected chi connectivity index (χ1v) is 8.17. The summed E-state index contributed by atoms with van der Waals surface area (Å²) in [5.74, 6) is -0.189. The predicted octanol–water partition coefficient (Wildman–Crippen LogP) is 2.76. The number of carbonyl (C=O) groups excluding carboxylic acids is 1. The van der Waals surface area contributed by atoms with Crippen LogP contribution in [-0.2, 0) is 4.79 Å². The van der Waals surface area contributed by atoms with Gasteiger partial charge < -0.3 is 5.32 Å². The standard InChI is InChI=1S/C13H21F3N2OS/c14-13(15,16)20-10-7-17-11(19)12(5-1-2-6-12)18-8-3-4-9-18/h1-10H2,(H,17,19). The smallest absolute Gasteiger partial charge is 0.354 e. The van der Waals surface area contributed by atoms with Gasteiger partial charge in [0.15, 0.2) is 0 Å². The van der Waals surface area contributed by atoms with Crippen LogP contribution in [0.3, 0.4) is 0 Å². The maximum absolute atomic E-state index is 12.4. The van der Waals surface area contributed by atoms with Crippen LogP contribution in [-0.4, -0.2) is 47.2 Å². The van der Waals surface area contributed by atoms with E-state index in [-0.39, 0.29) is 30.0 Å². The molecule has 1 saturated carbocycles. The average molecular weight is 310 g/mol. The third-order valence-electron chi connectivity index (χ3n) is 4.22. The van der Waals surface area contributed by atoms with E-state index in [4.69, 9.17) is 0 Å². The summed E-state index contributed by atoms with van der Waals surface area (Å²) in [4.78, 5) is 14.7. The molecule has 1 N–H and O–H groups in total. The van der Waals surface area contributed by atoms with E-state index >= 15 is 0 Å². The number of alkyl halides is 3. The molecule has 116 valence electrons. The molecule has 0 unspecified atom stereocenters. The first kappa shape index (κ1) is 15.9. The minimum Gasteiger partial charge on any atom is -0.354 e. The molecule has 1 aliphatic carbocycles. The third-order valence-corrected chi connectivity index (χ3v) is 4.95. The summed E-state index contributed by atoms with van der Waals surface area (Å²) >= 11 is -0.0791. The summed E-state index contributed by atoms with van der Waals surface area (Å²) in [6, 6.07) is 0. The molecule has 7 heteroatoms. The molecule has 0 atom stereocenters. The zero-order chi connectivity index (χ0) is 14.6. The number of hydrogen-bond acceptors (Lipinski definition) is 3. The zero-order valence-corrected chi connectivity index (χ0v) is 12.3. The fourth-order valence-electron chi connectivity index (χ4n) is 3.29. The van der Waals surface area contributed by atoms with Crippen molar-refractivity contribution in [3.8, 4) is 0 Å². The molecule has 1 saturated heterocycles. The lowest BCUT2D eigenvalue weighted by Crippen LogP contribution is -2.56. The Morgan fingerprint density at radius 2 is 1.75 bits per heavy atom. The van der Waals surface area contributed by atoms with Crippen molar-refractivity contribution in [1.29, 1.82) is 0 Å². The van der Waals surface area contributed by atoms with Gasteiger partial charge >= 0.3 is 5.51 Å². The van der Waals surface area contributed by atoms with Gasteiger partial charge in [-0.05, 0) is 50.5 Å².